The van der Waals surface area contributed by atoms with Gasteiger partial charge in [-0.1, -0.05) is 44.2 Å². The van der Waals surface area contributed by atoms with Gasteiger partial charge in [0.15, 0.2) is 0 Å². The number of aryl methyl sites for hydroxylation is 1. The molecule has 0 saturated heterocycles. The zero-order chi connectivity index (χ0) is 22.5. The lowest BCUT2D eigenvalue weighted by Crippen LogP contribution is -2.45. The predicted octanol–water partition coefficient (Wildman–Crippen LogP) is 1.32. The summed E-state index contributed by atoms with van der Waals surface area (Å²) >= 11 is 0. The van der Waals surface area contributed by atoms with Crippen LogP contribution in [0.5, 0.6) is 0 Å². The number of aromatic nitrogens is 3. The first kappa shape index (κ1) is 22.4. The first-order valence-corrected chi connectivity index (χ1v) is 10.5. The first-order chi connectivity index (χ1) is 14.9. The smallest absolute Gasteiger partial charge is 0.332 e. The Balaban J connectivity index is 1.82. The van der Waals surface area contributed by atoms with E-state index in [2.05, 4.69) is 41.2 Å². The fourth-order valence-electron chi connectivity index (χ4n) is 3.84. The zero-order valence-electron chi connectivity index (χ0n) is 18.5. The summed E-state index contributed by atoms with van der Waals surface area (Å²) in [4.78, 5) is 44.0. The average Bonchev–Trinajstić information content (AvgIpc) is 2.80. The van der Waals surface area contributed by atoms with Gasteiger partial charge in [-0.3, -0.25) is 23.6 Å². The third-order valence-corrected chi connectivity index (χ3v) is 5.68. The summed E-state index contributed by atoms with van der Waals surface area (Å²) in [5, 5.41) is 3.28. The van der Waals surface area contributed by atoms with Crippen molar-refractivity contribution in [3.8, 4) is 0 Å². The Morgan fingerprint density at radius 3 is 2.35 bits per heavy atom. The molecule has 164 valence electrons. The molecule has 0 saturated carbocycles. The van der Waals surface area contributed by atoms with E-state index in [9.17, 15) is 14.4 Å². The van der Waals surface area contributed by atoms with Gasteiger partial charge in [0.25, 0.3) is 11.5 Å². The summed E-state index contributed by atoms with van der Waals surface area (Å²) in [6, 6.07) is 13.4. The lowest BCUT2D eigenvalue weighted by Gasteiger charge is -2.30. The number of fused-ring (bicyclic) bond motifs is 1. The van der Waals surface area contributed by atoms with E-state index in [4.69, 9.17) is 0 Å². The maximum Gasteiger partial charge on any atom is 0.332 e. The van der Waals surface area contributed by atoms with Gasteiger partial charge in [-0.05, 0) is 37.2 Å². The van der Waals surface area contributed by atoms with Crippen LogP contribution in [0.3, 0.4) is 0 Å². The third-order valence-electron chi connectivity index (χ3n) is 5.68. The number of nitrogens with one attached hydrogen (secondary N) is 1. The van der Waals surface area contributed by atoms with Crippen LogP contribution >= 0.6 is 0 Å². The highest BCUT2D eigenvalue weighted by Crippen LogP contribution is 2.10. The fraction of sp³-hybridized carbons (Fsp3) is 0.391. The Hall–Kier alpha value is -3.26. The molecule has 0 radical (unpaired) electrons. The van der Waals surface area contributed by atoms with Crippen LogP contribution in [0.1, 0.15) is 29.9 Å². The van der Waals surface area contributed by atoms with E-state index in [1.807, 2.05) is 18.2 Å². The quantitative estimate of drug-likeness (QED) is 0.590. The molecule has 0 aliphatic carbocycles. The summed E-state index contributed by atoms with van der Waals surface area (Å²) in [6.07, 6.45) is 0.818. The largest absolute Gasteiger partial charge is 0.349 e. The molecule has 1 unspecified atom stereocenters. The van der Waals surface area contributed by atoms with Gasteiger partial charge in [0.05, 0.1) is 5.39 Å². The molecule has 1 atom stereocenters. The second kappa shape index (κ2) is 9.70. The molecular weight excluding hydrogens is 394 g/mol. The first-order valence-electron chi connectivity index (χ1n) is 10.5. The highest BCUT2D eigenvalue weighted by atomic mass is 16.2. The monoisotopic (exact) mass is 423 g/mol. The Labute approximate surface area is 181 Å². The van der Waals surface area contributed by atoms with Crippen LogP contribution in [0.2, 0.25) is 0 Å². The van der Waals surface area contributed by atoms with Crippen LogP contribution < -0.4 is 16.6 Å². The van der Waals surface area contributed by atoms with E-state index in [1.54, 1.807) is 6.07 Å². The predicted molar refractivity (Wildman–Crippen MR) is 121 cm³/mol. The lowest BCUT2D eigenvalue weighted by molar-refractivity contribution is 0.0930. The number of amides is 1. The SMILES string of the molecule is CCN(CC)C(CNC(=O)c1ccc2c(=O)n(C)c(=O)n(C)c2n1)Cc1ccccc1. The average molecular weight is 424 g/mol. The van der Waals surface area contributed by atoms with E-state index in [0.717, 1.165) is 24.1 Å². The van der Waals surface area contributed by atoms with Gasteiger partial charge in [0, 0.05) is 26.7 Å². The molecule has 3 rings (SSSR count). The minimum absolute atomic E-state index is 0.137. The van der Waals surface area contributed by atoms with E-state index >= 15 is 0 Å². The molecule has 2 heterocycles. The maximum atomic E-state index is 12.8. The van der Waals surface area contributed by atoms with E-state index in [1.165, 1.54) is 30.3 Å². The third kappa shape index (κ3) is 4.74. The highest BCUT2D eigenvalue weighted by molar-refractivity contribution is 5.94. The Morgan fingerprint density at radius 1 is 1.03 bits per heavy atom. The van der Waals surface area contributed by atoms with Crippen molar-refractivity contribution in [2.75, 3.05) is 19.6 Å². The van der Waals surface area contributed by atoms with Crippen molar-refractivity contribution in [2.45, 2.75) is 26.3 Å². The fourth-order valence-corrected chi connectivity index (χ4v) is 3.84. The van der Waals surface area contributed by atoms with Gasteiger partial charge in [-0.15, -0.1) is 0 Å². The molecule has 0 aliphatic heterocycles. The molecule has 0 aliphatic rings. The van der Waals surface area contributed by atoms with Gasteiger partial charge in [-0.2, -0.15) is 0 Å². The molecule has 8 heteroatoms. The van der Waals surface area contributed by atoms with Crippen LogP contribution in [-0.2, 0) is 20.5 Å². The summed E-state index contributed by atoms with van der Waals surface area (Å²) < 4.78 is 2.31. The minimum Gasteiger partial charge on any atom is -0.349 e. The normalized spacial score (nSPS) is 12.3. The standard InChI is InChI=1S/C23H29N5O3/c1-5-28(6-2)17(14-16-10-8-7-9-11-16)15-24-21(29)19-13-12-18-20(25-19)26(3)23(31)27(4)22(18)30/h7-13,17H,5-6,14-15H2,1-4H3,(H,24,29). The number of benzene rings is 1. The van der Waals surface area contributed by atoms with Crippen molar-refractivity contribution in [1.29, 1.82) is 0 Å². The number of hydrogen-bond donors (Lipinski definition) is 1. The van der Waals surface area contributed by atoms with Crippen LogP contribution in [0.15, 0.2) is 52.1 Å². The van der Waals surface area contributed by atoms with Crippen molar-refractivity contribution in [3.63, 3.8) is 0 Å². The van der Waals surface area contributed by atoms with Gasteiger partial charge >= 0.3 is 5.69 Å². The number of nitrogens with zero attached hydrogens (tertiary/aromatic N) is 4. The highest BCUT2D eigenvalue weighted by Gasteiger charge is 2.19. The minimum atomic E-state index is -0.480. The second-order valence-electron chi connectivity index (χ2n) is 7.55. The summed E-state index contributed by atoms with van der Waals surface area (Å²) in [5.41, 5.74) is 0.677. The topological polar surface area (TPSA) is 89.2 Å². The van der Waals surface area contributed by atoms with E-state index < -0.39 is 11.2 Å². The lowest BCUT2D eigenvalue weighted by atomic mass is 10.0. The molecule has 0 spiro atoms. The van der Waals surface area contributed by atoms with Gasteiger partial charge in [0.2, 0.25) is 0 Å². The Kier molecular flexibility index (Phi) is 7.02. The van der Waals surface area contributed by atoms with E-state index in [0.29, 0.717) is 11.9 Å². The molecule has 1 aromatic carbocycles. The molecular formula is C23H29N5O3. The number of carbonyl (C=O) groups is 1. The molecule has 2 aromatic heterocycles. The zero-order valence-corrected chi connectivity index (χ0v) is 18.5. The van der Waals surface area contributed by atoms with Crippen molar-refractivity contribution in [2.24, 2.45) is 14.1 Å². The molecule has 31 heavy (non-hydrogen) atoms. The summed E-state index contributed by atoms with van der Waals surface area (Å²) in [6.45, 7) is 6.43. The summed E-state index contributed by atoms with van der Waals surface area (Å²) in [5.74, 6) is -0.333. The van der Waals surface area contributed by atoms with Gasteiger partial charge in [0.1, 0.15) is 11.3 Å². The molecule has 3 aromatic rings. The van der Waals surface area contributed by atoms with Crippen molar-refractivity contribution in [1.82, 2.24) is 24.3 Å². The molecule has 8 nitrogen and oxygen atoms in total. The van der Waals surface area contributed by atoms with E-state index in [-0.39, 0.29) is 23.3 Å². The van der Waals surface area contributed by atoms with Crippen molar-refractivity contribution < 1.29 is 4.79 Å². The summed E-state index contributed by atoms with van der Waals surface area (Å²) in [7, 11) is 2.96. The number of pyridine rings is 1. The van der Waals surface area contributed by atoms with Crippen molar-refractivity contribution >= 4 is 16.9 Å². The number of hydrogen-bond acceptors (Lipinski definition) is 5. The molecule has 0 bridgehead atoms. The maximum absolute atomic E-state index is 12.8. The molecule has 1 N–H and O–H groups in total. The second-order valence-corrected chi connectivity index (χ2v) is 7.55. The van der Waals surface area contributed by atoms with Crippen LogP contribution in [0, 0.1) is 0 Å². The van der Waals surface area contributed by atoms with Gasteiger partial charge < -0.3 is 5.32 Å². The molecule has 1 amide bonds. The number of rotatable bonds is 8. The van der Waals surface area contributed by atoms with Crippen molar-refractivity contribution in [3.05, 3.63) is 74.6 Å². The van der Waals surface area contributed by atoms with Gasteiger partial charge in [-0.25, -0.2) is 9.78 Å². The van der Waals surface area contributed by atoms with Crippen LogP contribution in [0.25, 0.3) is 11.0 Å². The Morgan fingerprint density at radius 2 is 1.71 bits per heavy atom. The molecule has 0 fully saturated rings. The number of likely N-dealkylation sites (N-methyl/N-ethyl adjacent to an activating group) is 1. The Bertz CT molecular complexity index is 1180. The van der Waals surface area contributed by atoms with Crippen LogP contribution in [-0.4, -0.2) is 50.6 Å². The number of carbonyl (C=O) groups excluding carboxylic acids is 1. The van der Waals surface area contributed by atoms with Crippen LogP contribution in [0.4, 0.5) is 0 Å².